The Morgan fingerprint density at radius 3 is 2.35 bits per heavy atom. The number of pyridine rings is 2. The van der Waals surface area contributed by atoms with E-state index in [-0.39, 0.29) is 6.61 Å². The van der Waals surface area contributed by atoms with Gasteiger partial charge in [0.1, 0.15) is 17.3 Å². The number of fused-ring (bicyclic) bond motifs is 1. The van der Waals surface area contributed by atoms with Gasteiger partial charge < -0.3 is 19.7 Å². The topological polar surface area (TPSA) is 121 Å². The van der Waals surface area contributed by atoms with E-state index in [4.69, 9.17) is 9.51 Å². The highest BCUT2D eigenvalue weighted by molar-refractivity contribution is 5.88. The van der Waals surface area contributed by atoms with E-state index in [2.05, 4.69) is 20.1 Å². The largest absolute Gasteiger partial charge is 0.390 e. The molecular weight excluding hydrogens is 430 g/mol. The quantitative estimate of drug-likeness (QED) is 0.356. The van der Waals surface area contributed by atoms with Gasteiger partial charge in [-0.15, -0.1) is 0 Å². The van der Waals surface area contributed by atoms with Crippen LogP contribution in [0.5, 0.6) is 0 Å². The number of aryl methyl sites for hydroxylation is 1. The molecule has 0 spiro atoms. The van der Waals surface area contributed by atoms with Crippen molar-refractivity contribution in [3.05, 3.63) is 95.2 Å². The third kappa shape index (κ3) is 3.22. The van der Waals surface area contributed by atoms with E-state index in [0.717, 1.165) is 29.7 Å². The van der Waals surface area contributed by atoms with Gasteiger partial charge in [0.25, 0.3) is 0 Å². The predicted molar refractivity (Wildman–Crippen MR) is 125 cm³/mol. The fraction of sp³-hybridized carbons (Fsp3) is 0.231. The number of benzene rings is 1. The molecule has 4 aromatic heterocycles. The lowest BCUT2D eigenvalue weighted by molar-refractivity contribution is 0.117. The van der Waals surface area contributed by atoms with Gasteiger partial charge in [0.05, 0.1) is 29.0 Å². The van der Waals surface area contributed by atoms with Gasteiger partial charge in [-0.05, 0) is 61.7 Å². The summed E-state index contributed by atoms with van der Waals surface area (Å²) in [7, 11) is 0. The Bertz CT molecular complexity index is 1430. The van der Waals surface area contributed by atoms with Crippen LogP contribution in [0, 0.1) is 6.92 Å². The minimum atomic E-state index is -1.67. The van der Waals surface area contributed by atoms with Crippen molar-refractivity contribution in [1.82, 2.24) is 25.1 Å². The zero-order chi connectivity index (χ0) is 23.3. The summed E-state index contributed by atoms with van der Waals surface area (Å²) in [6.07, 6.45) is 5.48. The van der Waals surface area contributed by atoms with Crippen molar-refractivity contribution in [2.24, 2.45) is 0 Å². The molecule has 0 atom stereocenters. The monoisotopic (exact) mass is 453 g/mol. The molecule has 8 nitrogen and oxygen atoms in total. The number of aliphatic hydroxyl groups is 2. The molecular formula is C26H23N5O3. The number of aromatic nitrogens is 5. The molecule has 1 aliphatic rings. The SMILES string of the molecule is Cc1onc(CO)c1-c1cc(C(O)(c2ccccn2)c2ccccn2)c2nc(C3CC3)[nH]c2c1. The van der Waals surface area contributed by atoms with E-state index in [0.29, 0.717) is 45.4 Å². The summed E-state index contributed by atoms with van der Waals surface area (Å²) in [5.41, 5.74) is 3.07. The van der Waals surface area contributed by atoms with E-state index in [1.165, 1.54) is 0 Å². The summed E-state index contributed by atoms with van der Waals surface area (Å²) >= 11 is 0. The van der Waals surface area contributed by atoms with Crippen molar-refractivity contribution in [3.63, 3.8) is 0 Å². The fourth-order valence-electron chi connectivity index (χ4n) is 4.56. The molecule has 0 amide bonds. The number of H-pyrrole nitrogens is 1. The molecule has 8 heteroatoms. The predicted octanol–water partition coefficient (Wildman–Crippen LogP) is 3.97. The number of hydrogen-bond donors (Lipinski definition) is 3. The Labute approximate surface area is 195 Å². The van der Waals surface area contributed by atoms with Crippen molar-refractivity contribution in [2.75, 3.05) is 0 Å². The molecule has 0 unspecified atom stereocenters. The van der Waals surface area contributed by atoms with Crippen LogP contribution in [0.3, 0.4) is 0 Å². The van der Waals surface area contributed by atoms with Crippen LogP contribution in [0.2, 0.25) is 0 Å². The van der Waals surface area contributed by atoms with E-state index in [1.54, 1.807) is 31.5 Å². The van der Waals surface area contributed by atoms with Crippen molar-refractivity contribution < 1.29 is 14.7 Å². The number of nitrogens with zero attached hydrogens (tertiary/aromatic N) is 4. The number of aromatic amines is 1. The van der Waals surface area contributed by atoms with Crippen molar-refractivity contribution in [1.29, 1.82) is 0 Å². The molecule has 3 N–H and O–H groups in total. The zero-order valence-corrected chi connectivity index (χ0v) is 18.6. The van der Waals surface area contributed by atoms with Crippen molar-refractivity contribution in [3.8, 4) is 11.1 Å². The molecule has 1 aromatic carbocycles. The van der Waals surface area contributed by atoms with Crippen LogP contribution in [-0.4, -0.2) is 35.3 Å². The third-order valence-corrected chi connectivity index (χ3v) is 6.40. The average molecular weight is 454 g/mol. The van der Waals surface area contributed by atoms with Crippen LogP contribution in [0.25, 0.3) is 22.2 Å². The molecule has 170 valence electrons. The summed E-state index contributed by atoms with van der Waals surface area (Å²) in [6, 6.07) is 14.7. The van der Waals surface area contributed by atoms with Crippen LogP contribution >= 0.6 is 0 Å². The van der Waals surface area contributed by atoms with Crippen LogP contribution in [0.4, 0.5) is 0 Å². The molecule has 0 bridgehead atoms. The second-order valence-corrected chi connectivity index (χ2v) is 8.68. The molecule has 1 saturated carbocycles. The second-order valence-electron chi connectivity index (χ2n) is 8.68. The molecule has 34 heavy (non-hydrogen) atoms. The minimum absolute atomic E-state index is 0.263. The van der Waals surface area contributed by atoms with E-state index >= 15 is 0 Å². The third-order valence-electron chi connectivity index (χ3n) is 6.40. The maximum Gasteiger partial charge on any atom is 0.176 e. The van der Waals surface area contributed by atoms with Gasteiger partial charge in [-0.2, -0.15) is 0 Å². The Morgan fingerprint density at radius 1 is 1.06 bits per heavy atom. The maximum atomic E-state index is 12.4. The summed E-state index contributed by atoms with van der Waals surface area (Å²) in [6.45, 7) is 1.54. The number of nitrogens with one attached hydrogen (secondary N) is 1. The normalized spacial score (nSPS) is 14.1. The number of hydrogen-bond acceptors (Lipinski definition) is 7. The Hall–Kier alpha value is -3.88. The van der Waals surface area contributed by atoms with Gasteiger partial charge in [-0.3, -0.25) is 9.97 Å². The van der Waals surface area contributed by atoms with Gasteiger partial charge in [-0.1, -0.05) is 17.3 Å². The van der Waals surface area contributed by atoms with E-state index in [1.807, 2.05) is 36.4 Å². The van der Waals surface area contributed by atoms with E-state index < -0.39 is 5.60 Å². The molecule has 0 saturated heterocycles. The summed E-state index contributed by atoms with van der Waals surface area (Å²) in [4.78, 5) is 17.4. The lowest BCUT2D eigenvalue weighted by atomic mass is 9.83. The number of rotatable bonds is 6. The first-order chi connectivity index (χ1) is 16.6. The van der Waals surface area contributed by atoms with E-state index in [9.17, 15) is 10.2 Å². The van der Waals surface area contributed by atoms with Crippen LogP contribution in [-0.2, 0) is 12.2 Å². The molecule has 4 heterocycles. The first-order valence-corrected chi connectivity index (χ1v) is 11.3. The van der Waals surface area contributed by atoms with Crippen LogP contribution in [0.15, 0.2) is 65.4 Å². The first-order valence-electron chi connectivity index (χ1n) is 11.3. The lowest BCUT2D eigenvalue weighted by Crippen LogP contribution is -2.31. The van der Waals surface area contributed by atoms with Gasteiger partial charge >= 0.3 is 0 Å². The van der Waals surface area contributed by atoms with Crippen LogP contribution in [0.1, 0.15) is 53.0 Å². The molecule has 1 aliphatic carbocycles. The lowest BCUT2D eigenvalue weighted by Gasteiger charge is -2.28. The molecule has 0 radical (unpaired) electrons. The number of imidazole rings is 1. The summed E-state index contributed by atoms with van der Waals surface area (Å²) < 4.78 is 5.38. The highest BCUT2D eigenvalue weighted by atomic mass is 16.5. The Balaban J connectivity index is 1.69. The Kier molecular flexibility index (Phi) is 4.79. The molecule has 5 aromatic rings. The highest BCUT2D eigenvalue weighted by Gasteiger charge is 2.40. The average Bonchev–Trinajstić information content (AvgIpc) is 3.54. The maximum absolute atomic E-state index is 12.4. The second kappa shape index (κ2) is 7.86. The zero-order valence-electron chi connectivity index (χ0n) is 18.6. The minimum Gasteiger partial charge on any atom is -0.390 e. The van der Waals surface area contributed by atoms with Crippen molar-refractivity contribution >= 4 is 11.0 Å². The van der Waals surface area contributed by atoms with Crippen molar-refractivity contribution in [2.45, 2.75) is 37.9 Å². The van der Waals surface area contributed by atoms with Gasteiger partial charge in [0.15, 0.2) is 5.60 Å². The molecule has 0 aliphatic heterocycles. The summed E-state index contributed by atoms with van der Waals surface area (Å²) in [5, 5.41) is 26.3. The Morgan fingerprint density at radius 2 is 1.76 bits per heavy atom. The standard InChI is InChI=1S/C26H23N5O3/c1-15-23(20(14-32)31-34-15)17-12-18(24-19(13-17)29-25(30-24)16-8-9-16)26(33,21-6-2-4-10-27-21)22-7-3-5-11-28-22/h2-7,10-13,16,32-33H,8-9,14H2,1H3,(H,29,30). The van der Waals surface area contributed by atoms with Gasteiger partial charge in [0.2, 0.25) is 0 Å². The summed E-state index contributed by atoms with van der Waals surface area (Å²) in [5.74, 6) is 1.88. The fourth-order valence-corrected chi connectivity index (χ4v) is 4.56. The van der Waals surface area contributed by atoms with Gasteiger partial charge in [-0.25, -0.2) is 4.98 Å². The molecule has 1 fully saturated rings. The van der Waals surface area contributed by atoms with Crippen LogP contribution < -0.4 is 0 Å². The smallest absolute Gasteiger partial charge is 0.176 e. The highest BCUT2D eigenvalue weighted by Crippen LogP contribution is 2.44. The molecule has 6 rings (SSSR count). The van der Waals surface area contributed by atoms with Gasteiger partial charge in [0, 0.05) is 29.4 Å². The first kappa shape index (κ1) is 20.7. The number of aliphatic hydroxyl groups excluding tert-OH is 1.